The summed E-state index contributed by atoms with van der Waals surface area (Å²) in [4.78, 5) is 13.4. The molecule has 2 rings (SSSR count). The summed E-state index contributed by atoms with van der Waals surface area (Å²) in [7, 11) is -1.70. The molecule has 0 saturated carbocycles. The average Bonchev–Trinajstić information content (AvgIpc) is 2.79. The zero-order valence-electron chi connectivity index (χ0n) is 10.8. The molecule has 0 N–H and O–H groups in total. The Bertz CT molecular complexity index is 624. The summed E-state index contributed by atoms with van der Waals surface area (Å²) in [6.45, 7) is 0. The molecule has 1 aliphatic rings. The Hall–Kier alpha value is -1.53. The molecule has 7 heteroatoms. The number of carbonyl (C=O) groups is 1. The fourth-order valence-corrected chi connectivity index (χ4v) is 3.44. The Morgan fingerprint density at radius 1 is 1.40 bits per heavy atom. The molecule has 20 heavy (non-hydrogen) atoms. The molecule has 0 saturated heterocycles. The van der Waals surface area contributed by atoms with Crippen molar-refractivity contribution in [3.8, 4) is 5.75 Å². The van der Waals surface area contributed by atoms with Crippen LogP contribution in [0.5, 0.6) is 5.75 Å². The van der Waals surface area contributed by atoms with Gasteiger partial charge in [0.15, 0.2) is 9.84 Å². The molecule has 0 radical (unpaired) electrons. The van der Waals surface area contributed by atoms with Crippen LogP contribution in [0, 0.1) is 0 Å². The van der Waals surface area contributed by atoms with Crippen molar-refractivity contribution in [2.45, 2.75) is 6.04 Å². The van der Waals surface area contributed by atoms with Crippen LogP contribution in [-0.4, -0.2) is 39.1 Å². The lowest BCUT2D eigenvalue weighted by atomic mass is 10.2. The van der Waals surface area contributed by atoms with E-state index in [0.29, 0.717) is 11.4 Å². The number of ether oxygens (including phenoxy) is 1. The Morgan fingerprint density at radius 3 is 2.50 bits per heavy atom. The number of carbonyl (C=O) groups excluding carboxylic acids is 1. The largest absolute Gasteiger partial charge is 0.497 e. The number of nitrogens with zero attached hydrogens (tertiary/aromatic N) is 1. The van der Waals surface area contributed by atoms with Crippen LogP contribution in [0.4, 0.5) is 5.69 Å². The SMILES string of the molecule is COc1ccc(N(C(=O)CCl)C2C=CS(=O)(=O)C2)cc1. The molecular weight excluding hydrogens is 302 g/mol. The standard InChI is InChI=1S/C13H14ClNO4S/c1-19-12-4-2-10(3-5-12)15(13(16)8-14)11-6-7-20(17,18)9-11/h2-7,11H,8-9H2,1H3. The van der Waals surface area contributed by atoms with Gasteiger partial charge < -0.3 is 9.64 Å². The summed E-state index contributed by atoms with van der Waals surface area (Å²) in [5, 5.41) is 1.13. The van der Waals surface area contributed by atoms with E-state index in [4.69, 9.17) is 16.3 Å². The van der Waals surface area contributed by atoms with Crippen LogP contribution >= 0.6 is 11.6 Å². The summed E-state index contributed by atoms with van der Waals surface area (Å²) < 4.78 is 28.1. The normalized spacial score (nSPS) is 19.8. The first-order chi connectivity index (χ1) is 9.46. The lowest BCUT2D eigenvalue weighted by Crippen LogP contribution is -2.41. The van der Waals surface area contributed by atoms with Crippen LogP contribution in [0.15, 0.2) is 35.7 Å². The van der Waals surface area contributed by atoms with E-state index in [1.165, 1.54) is 11.0 Å². The molecule has 1 atom stereocenters. The molecule has 1 aromatic rings. The minimum atomic E-state index is -3.25. The molecule has 1 aliphatic heterocycles. The molecule has 0 spiro atoms. The molecule has 0 aliphatic carbocycles. The maximum atomic E-state index is 12.0. The van der Waals surface area contributed by atoms with Gasteiger partial charge in [-0.3, -0.25) is 4.79 Å². The third-order valence-electron chi connectivity index (χ3n) is 2.98. The minimum Gasteiger partial charge on any atom is -0.497 e. The van der Waals surface area contributed by atoms with E-state index < -0.39 is 15.9 Å². The van der Waals surface area contributed by atoms with Crippen LogP contribution < -0.4 is 9.64 Å². The summed E-state index contributed by atoms with van der Waals surface area (Å²) >= 11 is 5.62. The van der Waals surface area contributed by atoms with E-state index in [1.807, 2.05) is 0 Å². The summed E-state index contributed by atoms with van der Waals surface area (Å²) in [6.07, 6.45) is 1.50. The fraction of sp³-hybridized carbons (Fsp3) is 0.308. The Labute approximate surface area is 122 Å². The van der Waals surface area contributed by atoms with Gasteiger partial charge in [-0.1, -0.05) is 0 Å². The number of benzene rings is 1. The first-order valence-corrected chi connectivity index (χ1v) is 8.15. The first kappa shape index (κ1) is 14.9. The van der Waals surface area contributed by atoms with Gasteiger partial charge in [-0.15, -0.1) is 11.6 Å². The lowest BCUT2D eigenvalue weighted by Gasteiger charge is -2.27. The van der Waals surface area contributed by atoms with Gasteiger partial charge in [0.2, 0.25) is 5.91 Å². The van der Waals surface area contributed by atoms with E-state index in [0.717, 1.165) is 5.41 Å². The van der Waals surface area contributed by atoms with Crippen molar-refractivity contribution in [3.05, 3.63) is 35.7 Å². The molecule has 1 heterocycles. The van der Waals surface area contributed by atoms with E-state index in [1.54, 1.807) is 31.4 Å². The highest BCUT2D eigenvalue weighted by molar-refractivity contribution is 7.94. The van der Waals surface area contributed by atoms with E-state index in [2.05, 4.69) is 0 Å². The van der Waals surface area contributed by atoms with Gasteiger partial charge in [0.1, 0.15) is 11.6 Å². The Morgan fingerprint density at radius 2 is 2.05 bits per heavy atom. The van der Waals surface area contributed by atoms with Crippen molar-refractivity contribution in [1.29, 1.82) is 0 Å². The van der Waals surface area contributed by atoms with Crippen LogP contribution in [0.3, 0.4) is 0 Å². The average molecular weight is 316 g/mol. The number of amides is 1. The van der Waals surface area contributed by atoms with Crippen LogP contribution in [0.25, 0.3) is 0 Å². The number of halogens is 1. The van der Waals surface area contributed by atoms with E-state index >= 15 is 0 Å². The summed E-state index contributed by atoms with van der Waals surface area (Å²) in [6, 6.07) is 6.28. The van der Waals surface area contributed by atoms with Crippen LogP contribution in [-0.2, 0) is 14.6 Å². The number of hydrogen-bond acceptors (Lipinski definition) is 4. The maximum Gasteiger partial charge on any atom is 0.242 e. The summed E-state index contributed by atoms with van der Waals surface area (Å²) in [5.74, 6) is -0.0249. The Balaban J connectivity index is 2.33. The van der Waals surface area contributed by atoms with Gasteiger partial charge in [-0.2, -0.15) is 0 Å². The highest BCUT2D eigenvalue weighted by Crippen LogP contribution is 2.25. The van der Waals surface area contributed by atoms with Gasteiger partial charge >= 0.3 is 0 Å². The molecule has 108 valence electrons. The number of hydrogen-bond donors (Lipinski definition) is 0. The zero-order chi connectivity index (χ0) is 14.8. The van der Waals surface area contributed by atoms with E-state index in [-0.39, 0.29) is 17.5 Å². The third kappa shape index (κ3) is 3.13. The second kappa shape index (κ2) is 5.85. The molecule has 0 aromatic heterocycles. The molecule has 0 bridgehead atoms. The van der Waals surface area contributed by atoms with Crippen molar-refractivity contribution < 1.29 is 17.9 Å². The topological polar surface area (TPSA) is 63.7 Å². The fourth-order valence-electron chi connectivity index (χ4n) is 2.05. The lowest BCUT2D eigenvalue weighted by molar-refractivity contribution is -0.116. The van der Waals surface area contributed by atoms with Crippen molar-refractivity contribution in [1.82, 2.24) is 0 Å². The van der Waals surface area contributed by atoms with Crippen molar-refractivity contribution in [2.24, 2.45) is 0 Å². The molecule has 1 aromatic carbocycles. The van der Waals surface area contributed by atoms with Gasteiger partial charge in [0.25, 0.3) is 0 Å². The molecule has 0 fully saturated rings. The number of sulfone groups is 1. The predicted octanol–water partition coefficient (Wildman–Crippen LogP) is 1.58. The smallest absolute Gasteiger partial charge is 0.242 e. The highest BCUT2D eigenvalue weighted by Gasteiger charge is 2.30. The molecule has 1 unspecified atom stereocenters. The van der Waals surface area contributed by atoms with Gasteiger partial charge in [0.05, 0.1) is 18.9 Å². The maximum absolute atomic E-state index is 12.0. The van der Waals surface area contributed by atoms with Crippen molar-refractivity contribution in [2.75, 3.05) is 23.6 Å². The predicted molar refractivity (Wildman–Crippen MR) is 77.9 cm³/mol. The van der Waals surface area contributed by atoms with Gasteiger partial charge in [-0.05, 0) is 30.3 Å². The number of methoxy groups -OCH3 is 1. The van der Waals surface area contributed by atoms with E-state index in [9.17, 15) is 13.2 Å². The number of anilines is 1. The number of rotatable bonds is 4. The second-order valence-electron chi connectivity index (χ2n) is 4.32. The highest BCUT2D eigenvalue weighted by atomic mass is 35.5. The third-order valence-corrected chi connectivity index (χ3v) is 4.58. The van der Waals surface area contributed by atoms with Gasteiger partial charge in [0, 0.05) is 11.1 Å². The van der Waals surface area contributed by atoms with Crippen LogP contribution in [0.2, 0.25) is 0 Å². The number of alkyl halides is 1. The van der Waals surface area contributed by atoms with Crippen LogP contribution in [0.1, 0.15) is 0 Å². The molecule has 5 nitrogen and oxygen atoms in total. The second-order valence-corrected chi connectivity index (χ2v) is 6.52. The quantitative estimate of drug-likeness (QED) is 0.791. The van der Waals surface area contributed by atoms with Crippen molar-refractivity contribution >= 4 is 33.0 Å². The summed E-state index contributed by atoms with van der Waals surface area (Å²) in [5.41, 5.74) is 0.586. The van der Waals surface area contributed by atoms with Crippen molar-refractivity contribution in [3.63, 3.8) is 0 Å². The van der Waals surface area contributed by atoms with Gasteiger partial charge in [-0.25, -0.2) is 8.42 Å². The Kier molecular flexibility index (Phi) is 4.35. The first-order valence-electron chi connectivity index (χ1n) is 5.90. The monoisotopic (exact) mass is 315 g/mol. The minimum absolute atomic E-state index is 0.123. The zero-order valence-corrected chi connectivity index (χ0v) is 12.4. The molecule has 1 amide bonds. The molecular formula is C13H14ClNO4S.